The highest BCUT2D eigenvalue weighted by atomic mass is 32.1. The lowest BCUT2D eigenvalue weighted by molar-refractivity contribution is 0.505. The molecule has 3 aromatic rings. The van der Waals surface area contributed by atoms with Gasteiger partial charge in [-0.05, 0) is 6.92 Å². The van der Waals surface area contributed by atoms with Gasteiger partial charge in [-0.1, -0.05) is 0 Å². The fourth-order valence-electron chi connectivity index (χ4n) is 1.59. The molecule has 0 bridgehead atoms. The molecule has 0 aliphatic rings. The number of anilines is 1. The lowest BCUT2D eigenvalue weighted by Gasteiger charge is -1.88. The molecule has 2 N–H and O–H groups in total. The van der Waals surface area contributed by atoms with E-state index in [1.54, 1.807) is 6.92 Å². The molecule has 16 heavy (non-hydrogen) atoms. The zero-order valence-electron chi connectivity index (χ0n) is 8.77. The molecule has 0 aliphatic heterocycles. The summed E-state index contributed by atoms with van der Waals surface area (Å²) in [5.74, 6) is 1.60. The van der Waals surface area contributed by atoms with E-state index in [4.69, 9.17) is 14.6 Å². The van der Waals surface area contributed by atoms with Crippen LogP contribution in [0.25, 0.3) is 22.8 Å². The predicted molar refractivity (Wildman–Crippen MR) is 61.3 cm³/mol. The number of oxazole rings is 2. The number of nitrogen functional groups attached to an aromatic ring is 1. The maximum atomic E-state index is 5.75. The van der Waals surface area contributed by atoms with Crippen LogP contribution in [0.2, 0.25) is 0 Å². The monoisotopic (exact) mass is 235 g/mol. The quantitative estimate of drug-likeness (QED) is 0.701. The second-order valence-corrected chi connectivity index (χ2v) is 4.39. The molecular weight excluding hydrogens is 226 g/mol. The van der Waals surface area contributed by atoms with Crippen molar-refractivity contribution < 1.29 is 8.83 Å². The summed E-state index contributed by atoms with van der Waals surface area (Å²) < 4.78 is 11.0. The third-order valence-electron chi connectivity index (χ3n) is 2.27. The van der Waals surface area contributed by atoms with E-state index in [2.05, 4.69) is 9.97 Å². The van der Waals surface area contributed by atoms with Gasteiger partial charge >= 0.3 is 0 Å². The van der Waals surface area contributed by atoms with E-state index in [-0.39, 0.29) is 0 Å². The van der Waals surface area contributed by atoms with E-state index in [0.29, 0.717) is 28.1 Å². The van der Waals surface area contributed by atoms with Crippen molar-refractivity contribution in [2.24, 2.45) is 0 Å². The summed E-state index contributed by atoms with van der Waals surface area (Å²) in [7, 11) is 0. The molecule has 0 spiro atoms. The molecule has 5 nitrogen and oxygen atoms in total. The van der Waals surface area contributed by atoms with E-state index in [1.165, 1.54) is 11.3 Å². The van der Waals surface area contributed by atoms with Crippen LogP contribution in [-0.2, 0) is 0 Å². The first-order chi connectivity index (χ1) is 7.65. The molecule has 0 unspecified atom stereocenters. The standard InChI is InChI=1S/C10H9N3O2S/c1-4-7(14-5(2)12-4)10-13-6-3-16-9(11)8(6)15-10/h3H,11H2,1-2H3. The Labute approximate surface area is 94.9 Å². The molecule has 82 valence electrons. The van der Waals surface area contributed by atoms with E-state index < -0.39 is 0 Å². The second-order valence-electron chi connectivity index (χ2n) is 3.48. The van der Waals surface area contributed by atoms with E-state index in [0.717, 1.165) is 11.2 Å². The molecule has 0 radical (unpaired) electrons. The zero-order chi connectivity index (χ0) is 11.3. The largest absolute Gasteiger partial charge is 0.436 e. The molecule has 0 fully saturated rings. The van der Waals surface area contributed by atoms with Crippen LogP contribution in [0.5, 0.6) is 0 Å². The molecule has 3 rings (SSSR count). The summed E-state index contributed by atoms with van der Waals surface area (Å²) in [6.45, 7) is 3.64. The fourth-order valence-corrected chi connectivity index (χ4v) is 2.24. The first-order valence-corrected chi connectivity index (χ1v) is 5.61. The van der Waals surface area contributed by atoms with Crippen LogP contribution < -0.4 is 5.73 Å². The predicted octanol–water partition coefficient (Wildman–Crippen LogP) is 2.74. The Balaban J connectivity index is 2.22. The molecule has 0 amide bonds. The van der Waals surface area contributed by atoms with Crippen molar-refractivity contribution in [3.8, 4) is 11.7 Å². The highest BCUT2D eigenvalue weighted by Crippen LogP contribution is 2.33. The molecule has 6 heteroatoms. The van der Waals surface area contributed by atoms with Crippen molar-refractivity contribution in [1.82, 2.24) is 9.97 Å². The SMILES string of the molecule is Cc1nc(C)c(-c2nc3csc(N)c3o2)o1. The number of thiophene rings is 1. The fraction of sp³-hybridized carbons (Fsp3) is 0.200. The van der Waals surface area contributed by atoms with Gasteiger partial charge in [0.25, 0.3) is 5.89 Å². The number of aromatic nitrogens is 2. The zero-order valence-corrected chi connectivity index (χ0v) is 9.59. The van der Waals surface area contributed by atoms with Crippen LogP contribution >= 0.6 is 11.3 Å². The molecule has 0 atom stereocenters. The van der Waals surface area contributed by atoms with Crippen molar-refractivity contribution in [3.63, 3.8) is 0 Å². The van der Waals surface area contributed by atoms with E-state index >= 15 is 0 Å². The van der Waals surface area contributed by atoms with Gasteiger partial charge in [0.15, 0.2) is 11.5 Å². The van der Waals surface area contributed by atoms with Gasteiger partial charge in [0.1, 0.15) is 10.5 Å². The lowest BCUT2D eigenvalue weighted by Crippen LogP contribution is -1.78. The highest BCUT2D eigenvalue weighted by Gasteiger charge is 2.18. The van der Waals surface area contributed by atoms with Gasteiger partial charge in [0.2, 0.25) is 5.76 Å². The molecule has 0 aromatic carbocycles. The summed E-state index contributed by atoms with van der Waals surface area (Å²) in [5.41, 5.74) is 7.89. The van der Waals surface area contributed by atoms with Crippen molar-refractivity contribution in [2.45, 2.75) is 13.8 Å². The summed E-state index contributed by atoms with van der Waals surface area (Å²) >= 11 is 1.41. The Bertz CT molecular complexity index is 665. The van der Waals surface area contributed by atoms with Crippen LogP contribution in [0.15, 0.2) is 14.2 Å². The van der Waals surface area contributed by atoms with Gasteiger partial charge in [0.05, 0.1) is 5.69 Å². The van der Waals surface area contributed by atoms with Crippen LogP contribution in [0.1, 0.15) is 11.6 Å². The topological polar surface area (TPSA) is 78.1 Å². The lowest BCUT2D eigenvalue weighted by atomic mass is 10.4. The van der Waals surface area contributed by atoms with Gasteiger partial charge in [-0.15, -0.1) is 11.3 Å². The second kappa shape index (κ2) is 3.08. The maximum Gasteiger partial charge on any atom is 0.266 e. The third-order valence-corrected chi connectivity index (χ3v) is 3.05. The molecule has 0 saturated heterocycles. The van der Waals surface area contributed by atoms with Gasteiger partial charge in [0, 0.05) is 12.3 Å². The minimum Gasteiger partial charge on any atom is -0.436 e. The first-order valence-electron chi connectivity index (χ1n) is 4.73. The molecule has 3 aromatic heterocycles. The average molecular weight is 235 g/mol. The van der Waals surface area contributed by atoms with E-state index in [1.807, 2.05) is 12.3 Å². The van der Waals surface area contributed by atoms with Gasteiger partial charge in [-0.25, -0.2) is 9.97 Å². The summed E-state index contributed by atoms with van der Waals surface area (Å²) in [6.07, 6.45) is 0. The number of nitrogens with zero attached hydrogens (tertiary/aromatic N) is 2. The summed E-state index contributed by atoms with van der Waals surface area (Å²) in [4.78, 5) is 8.48. The molecule has 3 heterocycles. The number of hydrogen-bond acceptors (Lipinski definition) is 6. The number of hydrogen-bond donors (Lipinski definition) is 1. The van der Waals surface area contributed by atoms with Crippen LogP contribution in [0, 0.1) is 13.8 Å². The van der Waals surface area contributed by atoms with Gasteiger partial charge in [-0.3, -0.25) is 0 Å². The third kappa shape index (κ3) is 1.23. The van der Waals surface area contributed by atoms with Crippen LogP contribution in [0.3, 0.4) is 0 Å². The summed E-state index contributed by atoms with van der Waals surface area (Å²) in [5, 5.41) is 2.48. The Kier molecular flexibility index (Phi) is 1.81. The average Bonchev–Trinajstić information content (AvgIpc) is 2.84. The molecule has 0 aliphatic carbocycles. The summed E-state index contributed by atoms with van der Waals surface area (Å²) in [6, 6.07) is 0. The van der Waals surface area contributed by atoms with Gasteiger partial charge < -0.3 is 14.6 Å². The Hall–Kier alpha value is -1.82. The Morgan fingerprint density at radius 2 is 2.06 bits per heavy atom. The Morgan fingerprint density at radius 3 is 2.69 bits per heavy atom. The minimum atomic E-state index is 0.433. The Morgan fingerprint density at radius 1 is 1.25 bits per heavy atom. The van der Waals surface area contributed by atoms with E-state index in [9.17, 15) is 0 Å². The van der Waals surface area contributed by atoms with Crippen molar-refractivity contribution in [1.29, 1.82) is 0 Å². The molecule has 0 saturated carbocycles. The number of nitrogens with two attached hydrogens (primary N) is 1. The van der Waals surface area contributed by atoms with Crippen molar-refractivity contribution in [3.05, 3.63) is 17.0 Å². The van der Waals surface area contributed by atoms with Crippen LogP contribution in [-0.4, -0.2) is 9.97 Å². The number of fused-ring (bicyclic) bond motifs is 1. The molecular formula is C10H9N3O2S. The maximum absolute atomic E-state index is 5.75. The minimum absolute atomic E-state index is 0.433. The number of rotatable bonds is 1. The van der Waals surface area contributed by atoms with Gasteiger partial charge in [-0.2, -0.15) is 0 Å². The number of aryl methyl sites for hydroxylation is 2. The van der Waals surface area contributed by atoms with Crippen LogP contribution in [0.4, 0.5) is 5.00 Å². The normalized spacial score (nSPS) is 11.4. The van der Waals surface area contributed by atoms with Crippen molar-refractivity contribution in [2.75, 3.05) is 5.73 Å². The van der Waals surface area contributed by atoms with Crippen molar-refractivity contribution >= 4 is 27.4 Å². The first kappa shape index (κ1) is 9.41. The smallest absolute Gasteiger partial charge is 0.266 e. The highest BCUT2D eigenvalue weighted by molar-refractivity contribution is 7.15.